The molecule has 0 aliphatic heterocycles. The van der Waals surface area contributed by atoms with Crippen LogP contribution in [0.3, 0.4) is 0 Å². The van der Waals surface area contributed by atoms with Gasteiger partial charge in [0.2, 0.25) is 0 Å². The Hall–Kier alpha value is -1.56. The number of hydrogen-bond donors (Lipinski definition) is 0. The molecule has 1 aromatic carbocycles. The van der Waals surface area contributed by atoms with Crippen molar-refractivity contribution in [3.63, 3.8) is 0 Å². The quantitative estimate of drug-likeness (QED) is 0.617. The highest BCUT2D eigenvalue weighted by atomic mass is 14.3. The van der Waals surface area contributed by atoms with Crippen LogP contribution in [0.4, 0.5) is 0 Å². The van der Waals surface area contributed by atoms with Crippen molar-refractivity contribution in [1.29, 1.82) is 0 Å². The van der Waals surface area contributed by atoms with Gasteiger partial charge in [-0.2, -0.15) is 0 Å². The lowest BCUT2D eigenvalue weighted by molar-refractivity contribution is 0.548. The molecule has 1 rings (SSSR count). The molecule has 0 aliphatic carbocycles. The van der Waals surface area contributed by atoms with E-state index in [1.54, 1.807) is 0 Å². The van der Waals surface area contributed by atoms with Gasteiger partial charge in [-0.25, -0.2) is 0 Å². The van der Waals surface area contributed by atoms with Crippen LogP contribution in [-0.4, -0.2) is 0 Å². The van der Waals surface area contributed by atoms with Gasteiger partial charge >= 0.3 is 0 Å². The largest absolute Gasteiger partial charge is 0.0991 e. The molecule has 0 fully saturated rings. The van der Waals surface area contributed by atoms with E-state index in [9.17, 15) is 0 Å². The molecule has 0 nitrogen and oxygen atoms in total. The van der Waals surface area contributed by atoms with E-state index in [2.05, 4.69) is 75.9 Å². The normalized spacial score (nSPS) is 15.8. The van der Waals surface area contributed by atoms with Crippen molar-refractivity contribution in [2.75, 3.05) is 0 Å². The van der Waals surface area contributed by atoms with Gasteiger partial charge < -0.3 is 0 Å². The number of allylic oxidation sites excluding steroid dienone is 5. The first-order valence-electron chi connectivity index (χ1n) is 6.20. The lowest BCUT2D eigenvalue weighted by atomic mass is 9.73. The van der Waals surface area contributed by atoms with Crippen LogP contribution in [0.25, 0.3) is 0 Å². The molecular formula is C17H22. The van der Waals surface area contributed by atoms with Crippen LogP contribution >= 0.6 is 0 Å². The zero-order chi connectivity index (χ0) is 12.7. The van der Waals surface area contributed by atoms with Gasteiger partial charge in [-0.05, 0) is 24.5 Å². The fraction of sp³-hybridized carbons (Fsp3) is 0.294. The van der Waals surface area contributed by atoms with Crippen LogP contribution in [0.15, 0.2) is 66.8 Å². The lowest BCUT2D eigenvalue weighted by Crippen LogP contribution is -2.22. The fourth-order valence-electron chi connectivity index (χ4n) is 2.11. The standard InChI is InChI=1S/C17H22/c1-5-11-15(12-6-2)17(4,7-3)16-13-9-8-10-14-16/h5-6,8-14H,1,7H2,2-4H3/b12-6-,15-11+. The average molecular weight is 226 g/mol. The summed E-state index contributed by atoms with van der Waals surface area (Å²) in [6, 6.07) is 10.7. The van der Waals surface area contributed by atoms with Gasteiger partial charge in [0.15, 0.2) is 0 Å². The first-order chi connectivity index (χ1) is 8.19. The van der Waals surface area contributed by atoms with Crippen LogP contribution in [0.1, 0.15) is 32.8 Å². The molecule has 0 saturated carbocycles. The second-order valence-electron chi connectivity index (χ2n) is 4.41. The molecule has 0 bridgehead atoms. The van der Waals surface area contributed by atoms with Crippen LogP contribution in [0, 0.1) is 0 Å². The molecule has 1 aromatic rings. The molecular weight excluding hydrogens is 204 g/mol. The highest BCUT2D eigenvalue weighted by Crippen LogP contribution is 2.35. The van der Waals surface area contributed by atoms with E-state index in [4.69, 9.17) is 0 Å². The smallest absolute Gasteiger partial charge is 0.0172 e. The zero-order valence-electron chi connectivity index (χ0n) is 11.1. The Morgan fingerprint density at radius 3 is 2.41 bits per heavy atom. The number of rotatable bonds is 5. The maximum atomic E-state index is 3.81. The Bertz CT molecular complexity index is 409. The summed E-state index contributed by atoms with van der Waals surface area (Å²) in [6.45, 7) is 10.4. The van der Waals surface area contributed by atoms with Crippen molar-refractivity contribution in [2.45, 2.75) is 32.6 Å². The van der Waals surface area contributed by atoms with Crippen LogP contribution in [-0.2, 0) is 5.41 Å². The van der Waals surface area contributed by atoms with Crippen molar-refractivity contribution in [3.05, 3.63) is 72.4 Å². The summed E-state index contributed by atoms with van der Waals surface area (Å²) in [6.07, 6.45) is 9.31. The van der Waals surface area contributed by atoms with E-state index in [0.717, 1.165) is 6.42 Å². The minimum absolute atomic E-state index is 0.0575. The van der Waals surface area contributed by atoms with Gasteiger partial charge in [-0.3, -0.25) is 0 Å². The molecule has 0 heterocycles. The third kappa shape index (κ3) is 2.97. The monoisotopic (exact) mass is 226 g/mol. The maximum absolute atomic E-state index is 3.81. The molecule has 0 saturated heterocycles. The predicted octanol–water partition coefficient (Wildman–Crippen LogP) is 5.04. The molecule has 17 heavy (non-hydrogen) atoms. The van der Waals surface area contributed by atoms with E-state index in [1.807, 2.05) is 6.08 Å². The summed E-state index contributed by atoms with van der Waals surface area (Å²) in [5, 5.41) is 0. The van der Waals surface area contributed by atoms with Gasteiger partial charge in [0, 0.05) is 5.41 Å². The molecule has 0 heteroatoms. The highest BCUT2D eigenvalue weighted by molar-refractivity contribution is 5.42. The topological polar surface area (TPSA) is 0 Å². The van der Waals surface area contributed by atoms with E-state index < -0.39 is 0 Å². The van der Waals surface area contributed by atoms with E-state index in [-0.39, 0.29) is 5.41 Å². The molecule has 90 valence electrons. The average Bonchev–Trinajstić information content (AvgIpc) is 2.38. The minimum atomic E-state index is 0.0575. The van der Waals surface area contributed by atoms with Gasteiger partial charge in [0.05, 0.1) is 0 Å². The molecule has 0 radical (unpaired) electrons. The van der Waals surface area contributed by atoms with Crippen LogP contribution < -0.4 is 0 Å². The van der Waals surface area contributed by atoms with Crippen molar-refractivity contribution in [2.24, 2.45) is 0 Å². The van der Waals surface area contributed by atoms with Gasteiger partial charge in [0.1, 0.15) is 0 Å². The second-order valence-corrected chi connectivity index (χ2v) is 4.41. The van der Waals surface area contributed by atoms with Crippen molar-refractivity contribution in [3.8, 4) is 0 Å². The Morgan fingerprint density at radius 1 is 1.29 bits per heavy atom. The Morgan fingerprint density at radius 2 is 1.94 bits per heavy atom. The molecule has 0 spiro atoms. The van der Waals surface area contributed by atoms with E-state index >= 15 is 0 Å². The Balaban J connectivity index is 3.28. The maximum Gasteiger partial charge on any atom is 0.0172 e. The summed E-state index contributed by atoms with van der Waals surface area (Å²) >= 11 is 0. The summed E-state index contributed by atoms with van der Waals surface area (Å²) in [4.78, 5) is 0. The van der Waals surface area contributed by atoms with Gasteiger partial charge in [0.25, 0.3) is 0 Å². The molecule has 0 aromatic heterocycles. The Labute approximate surface area is 105 Å². The second kappa shape index (κ2) is 6.24. The summed E-state index contributed by atoms with van der Waals surface area (Å²) in [5.74, 6) is 0. The van der Waals surface area contributed by atoms with Crippen molar-refractivity contribution in [1.82, 2.24) is 0 Å². The first-order valence-corrected chi connectivity index (χ1v) is 6.20. The summed E-state index contributed by atoms with van der Waals surface area (Å²) < 4.78 is 0. The SMILES string of the molecule is C=C/C=C(\C=C/C)C(C)(CC)c1ccccc1. The molecule has 1 unspecified atom stereocenters. The van der Waals surface area contributed by atoms with Crippen molar-refractivity contribution >= 4 is 0 Å². The minimum Gasteiger partial charge on any atom is -0.0991 e. The Kier molecular flexibility index (Phi) is 4.96. The van der Waals surface area contributed by atoms with Crippen LogP contribution in [0.2, 0.25) is 0 Å². The van der Waals surface area contributed by atoms with Crippen molar-refractivity contribution < 1.29 is 0 Å². The zero-order valence-corrected chi connectivity index (χ0v) is 11.1. The van der Waals surface area contributed by atoms with Gasteiger partial charge in [-0.1, -0.05) is 75.1 Å². The molecule has 0 amide bonds. The molecule has 0 aliphatic rings. The van der Waals surface area contributed by atoms with Gasteiger partial charge in [-0.15, -0.1) is 0 Å². The van der Waals surface area contributed by atoms with Crippen LogP contribution in [0.5, 0.6) is 0 Å². The van der Waals surface area contributed by atoms with E-state index in [1.165, 1.54) is 11.1 Å². The van der Waals surface area contributed by atoms with E-state index in [0.29, 0.717) is 0 Å². The number of hydrogen-bond acceptors (Lipinski definition) is 0. The summed E-state index contributed by atoms with van der Waals surface area (Å²) in [7, 11) is 0. The lowest BCUT2D eigenvalue weighted by Gasteiger charge is -2.30. The fourth-order valence-corrected chi connectivity index (χ4v) is 2.11. The highest BCUT2D eigenvalue weighted by Gasteiger charge is 2.26. The summed E-state index contributed by atoms with van der Waals surface area (Å²) in [5.41, 5.74) is 2.72. The molecule has 1 atom stereocenters. The first kappa shape index (κ1) is 13.5. The predicted molar refractivity (Wildman–Crippen MR) is 77.2 cm³/mol. The third-order valence-corrected chi connectivity index (χ3v) is 3.40. The third-order valence-electron chi connectivity index (χ3n) is 3.40. The number of benzene rings is 1. The molecule has 0 N–H and O–H groups in total.